The first-order chi connectivity index (χ1) is 10.2. The van der Waals surface area contributed by atoms with E-state index in [0.717, 1.165) is 5.69 Å². The van der Waals surface area contributed by atoms with Crippen molar-refractivity contribution in [2.75, 3.05) is 26.3 Å². The molecule has 1 fully saturated rings. The zero-order valence-corrected chi connectivity index (χ0v) is 11.8. The minimum absolute atomic E-state index is 0.0925. The number of aromatic nitrogens is 4. The molecule has 0 aromatic carbocycles. The monoisotopic (exact) mass is 291 g/mol. The molecule has 0 spiro atoms. The van der Waals surface area contributed by atoms with Gasteiger partial charge in [-0.25, -0.2) is 9.50 Å². The number of aliphatic hydroxyl groups excluding tert-OH is 1. The van der Waals surface area contributed by atoms with Crippen LogP contribution in [0.1, 0.15) is 23.0 Å². The van der Waals surface area contributed by atoms with E-state index >= 15 is 0 Å². The molecule has 0 aliphatic carbocycles. The van der Waals surface area contributed by atoms with Crippen molar-refractivity contribution in [3.05, 3.63) is 23.8 Å². The molecule has 2 aromatic heterocycles. The van der Waals surface area contributed by atoms with Crippen molar-refractivity contribution in [2.24, 2.45) is 0 Å². The van der Waals surface area contributed by atoms with E-state index in [1.165, 1.54) is 6.33 Å². The normalized spacial score (nSPS) is 19.1. The molecule has 3 rings (SSSR count). The summed E-state index contributed by atoms with van der Waals surface area (Å²) in [5.74, 6) is 0.372. The van der Waals surface area contributed by atoms with Gasteiger partial charge in [0.2, 0.25) is 0 Å². The molecule has 2 aromatic rings. The fraction of sp³-hybridized carbons (Fsp3) is 0.538. The summed E-state index contributed by atoms with van der Waals surface area (Å²) in [5, 5.41) is 13.3. The SMILES string of the molecule is CCc1c(C(=O)N2CCOC(CO)C2)cnc2ncnn12. The number of ether oxygens (including phenoxy) is 1. The summed E-state index contributed by atoms with van der Waals surface area (Å²) in [6.07, 6.45) is 3.30. The van der Waals surface area contributed by atoms with Gasteiger partial charge in [0.1, 0.15) is 6.33 Å². The van der Waals surface area contributed by atoms with Crippen LogP contribution < -0.4 is 0 Å². The van der Waals surface area contributed by atoms with E-state index in [-0.39, 0.29) is 18.6 Å². The molecule has 0 radical (unpaired) electrons. The van der Waals surface area contributed by atoms with Crippen molar-refractivity contribution in [2.45, 2.75) is 19.4 Å². The van der Waals surface area contributed by atoms with Crippen molar-refractivity contribution in [1.82, 2.24) is 24.5 Å². The molecule has 0 saturated carbocycles. The molecule has 21 heavy (non-hydrogen) atoms. The number of carbonyl (C=O) groups excluding carboxylic acids is 1. The zero-order chi connectivity index (χ0) is 14.8. The molecule has 3 heterocycles. The van der Waals surface area contributed by atoms with Crippen LogP contribution in [-0.4, -0.2) is 67.9 Å². The molecule has 8 heteroatoms. The second-order valence-electron chi connectivity index (χ2n) is 4.87. The Morgan fingerprint density at radius 2 is 2.38 bits per heavy atom. The van der Waals surface area contributed by atoms with Crippen LogP contribution in [0.25, 0.3) is 5.78 Å². The van der Waals surface area contributed by atoms with E-state index in [2.05, 4.69) is 15.1 Å². The van der Waals surface area contributed by atoms with Gasteiger partial charge in [-0.1, -0.05) is 6.92 Å². The summed E-state index contributed by atoms with van der Waals surface area (Å²) in [4.78, 5) is 22.6. The summed E-state index contributed by atoms with van der Waals surface area (Å²) >= 11 is 0. The van der Waals surface area contributed by atoms with Crippen LogP contribution in [0.2, 0.25) is 0 Å². The Balaban J connectivity index is 1.93. The van der Waals surface area contributed by atoms with Gasteiger partial charge in [0.25, 0.3) is 11.7 Å². The zero-order valence-electron chi connectivity index (χ0n) is 11.8. The molecule has 1 unspecified atom stereocenters. The number of aliphatic hydroxyl groups is 1. The number of carbonyl (C=O) groups is 1. The quantitative estimate of drug-likeness (QED) is 0.821. The number of fused-ring (bicyclic) bond motifs is 1. The molecule has 1 aliphatic rings. The maximum absolute atomic E-state index is 12.7. The molecule has 1 aliphatic heterocycles. The fourth-order valence-electron chi connectivity index (χ4n) is 2.53. The van der Waals surface area contributed by atoms with Crippen LogP contribution in [0.4, 0.5) is 0 Å². The minimum Gasteiger partial charge on any atom is -0.394 e. The highest BCUT2D eigenvalue weighted by Gasteiger charge is 2.27. The van der Waals surface area contributed by atoms with Gasteiger partial charge in [-0.05, 0) is 6.42 Å². The molecule has 1 saturated heterocycles. The van der Waals surface area contributed by atoms with Gasteiger partial charge in [0, 0.05) is 19.3 Å². The lowest BCUT2D eigenvalue weighted by Gasteiger charge is -2.32. The Labute approximate surface area is 121 Å². The van der Waals surface area contributed by atoms with Gasteiger partial charge in [-0.15, -0.1) is 0 Å². The van der Waals surface area contributed by atoms with E-state index in [1.54, 1.807) is 15.6 Å². The van der Waals surface area contributed by atoms with Crippen LogP contribution in [-0.2, 0) is 11.2 Å². The largest absolute Gasteiger partial charge is 0.394 e. The van der Waals surface area contributed by atoms with Crippen LogP contribution in [0.3, 0.4) is 0 Å². The van der Waals surface area contributed by atoms with Gasteiger partial charge in [0.05, 0.1) is 30.6 Å². The Kier molecular flexibility index (Phi) is 3.80. The van der Waals surface area contributed by atoms with Crippen molar-refractivity contribution >= 4 is 11.7 Å². The topological polar surface area (TPSA) is 92.9 Å². The molecule has 0 bridgehead atoms. The molecular formula is C13H17N5O3. The number of nitrogens with zero attached hydrogens (tertiary/aromatic N) is 5. The maximum Gasteiger partial charge on any atom is 0.257 e. The number of amides is 1. The summed E-state index contributed by atoms with van der Waals surface area (Å²) in [6, 6.07) is 0. The lowest BCUT2D eigenvalue weighted by atomic mass is 10.1. The summed E-state index contributed by atoms with van der Waals surface area (Å²) in [5.41, 5.74) is 1.31. The molecular weight excluding hydrogens is 274 g/mol. The highest BCUT2D eigenvalue weighted by atomic mass is 16.5. The van der Waals surface area contributed by atoms with Gasteiger partial charge < -0.3 is 14.7 Å². The van der Waals surface area contributed by atoms with Crippen LogP contribution in [0.5, 0.6) is 0 Å². The Morgan fingerprint density at radius 1 is 1.52 bits per heavy atom. The van der Waals surface area contributed by atoms with Gasteiger partial charge in [-0.3, -0.25) is 4.79 Å². The summed E-state index contributed by atoms with van der Waals surface area (Å²) in [6.45, 7) is 3.19. The molecule has 112 valence electrons. The second-order valence-corrected chi connectivity index (χ2v) is 4.87. The molecule has 1 N–H and O–H groups in total. The van der Waals surface area contributed by atoms with E-state index in [0.29, 0.717) is 37.5 Å². The van der Waals surface area contributed by atoms with E-state index in [1.807, 2.05) is 6.92 Å². The maximum atomic E-state index is 12.7. The second kappa shape index (κ2) is 5.74. The third-order valence-corrected chi connectivity index (χ3v) is 3.60. The van der Waals surface area contributed by atoms with Crippen LogP contribution in [0.15, 0.2) is 12.5 Å². The van der Waals surface area contributed by atoms with Crippen molar-refractivity contribution < 1.29 is 14.6 Å². The third kappa shape index (κ3) is 2.47. The lowest BCUT2D eigenvalue weighted by molar-refractivity contribution is -0.0447. The van der Waals surface area contributed by atoms with Gasteiger partial charge >= 0.3 is 0 Å². The Hall–Kier alpha value is -2.06. The highest BCUT2D eigenvalue weighted by molar-refractivity contribution is 5.95. The van der Waals surface area contributed by atoms with Crippen molar-refractivity contribution in [1.29, 1.82) is 0 Å². The number of rotatable bonds is 3. The van der Waals surface area contributed by atoms with Crippen LogP contribution >= 0.6 is 0 Å². The lowest BCUT2D eigenvalue weighted by Crippen LogP contribution is -2.47. The number of hydrogen-bond acceptors (Lipinski definition) is 6. The number of hydrogen-bond donors (Lipinski definition) is 1. The van der Waals surface area contributed by atoms with E-state index < -0.39 is 0 Å². The summed E-state index contributed by atoms with van der Waals surface area (Å²) < 4.78 is 6.97. The Morgan fingerprint density at radius 3 is 3.14 bits per heavy atom. The standard InChI is InChI=1S/C13H17N5O3/c1-2-11-10(5-14-13-15-8-16-18(11)13)12(20)17-3-4-21-9(6-17)7-19/h5,8-9,19H,2-4,6-7H2,1H3. The first-order valence-corrected chi connectivity index (χ1v) is 6.94. The fourth-order valence-corrected chi connectivity index (χ4v) is 2.53. The van der Waals surface area contributed by atoms with E-state index in [9.17, 15) is 9.90 Å². The summed E-state index contributed by atoms with van der Waals surface area (Å²) in [7, 11) is 0. The average molecular weight is 291 g/mol. The van der Waals surface area contributed by atoms with Gasteiger partial charge in [0.15, 0.2) is 0 Å². The first-order valence-electron chi connectivity index (χ1n) is 6.94. The average Bonchev–Trinajstić information content (AvgIpc) is 3.01. The molecule has 1 atom stereocenters. The van der Waals surface area contributed by atoms with Crippen LogP contribution in [0, 0.1) is 0 Å². The molecule has 1 amide bonds. The smallest absolute Gasteiger partial charge is 0.257 e. The predicted molar refractivity (Wildman–Crippen MR) is 72.9 cm³/mol. The van der Waals surface area contributed by atoms with Gasteiger partial charge in [-0.2, -0.15) is 10.1 Å². The van der Waals surface area contributed by atoms with E-state index in [4.69, 9.17) is 4.74 Å². The van der Waals surface area contributed by atoms with Crippen molar-refractivity contribution in [3.63, 3.8) is 0 Å². The third-order valence-electron chi connectivity index (χ3n) is 3.60. The van der Waals surface area contributed by atoms with Crippen molar-refractivity contribution in [3.8, 4) is 0 Å². The highest BCUT2D eigenvalue weighted by Crippen LogP contribution is 2.15. The molecule has 8 nitrogen and oxygen atoms in total. The first kappa shape index (κ1) is 13.9. The Bertz CT molecular complexity index is 656. The minimum atomic E-state index is -0.323. The number of morpholine rings is 1. The predicted octanol–water partition coefficient (Wildman–Crippen LogP) is -0.480. The number of aryl methyl sites for hydroxylation is 1.